The molecule has 1 unspecified atom stereocenters. The highest BCUT2D eigenvalue weighted by Crippen LogP contribution is 2.13. The van der Waals surface area contributed by atoms with Gasteiger partial charge in [0.1, 0.15) is 0 Å². The van der Waals surface area contributed by atoms with E-state index in [1.54, 1.807) is 11.3 Å². The fourth-order valence-corrected chi connectivity index (χ4v) is 3.04. The van der Waals surface area contributed by atoms with Crippen molar-refractivity contribution in [2.45, 2.75) is 19.9 Å². The molecule has 2 nitrogen and oxygen atoms in total. The Hall–Kier alpha value is -0.710. The van der Waals surface area contributed by atoms with Gasteiger partial charge in [0, 0.05) is 16.8 Å². The zero-order valence-electron chi connectivity index (χ0n) is 9.35. The minimum atomic E-state index is 0.678. The summed E-state index contributed by atoms with van der Waals surface area (Å²) in [6.45, 7) is 4.22. The first-order chi connectivity index (χ1) is 7.84. The van der Waals surface area contributed by atoms with Crippen molar-refractivity contribution >= 4 is 22.7 Å². The van der Waals surface area contributed by atoms with Crippen LogP contribution in [0.15, 0.2) is 28.4 Å². The second kappa shape index (κ2) is 6.13. The lowest BCUT2D eigenvalue weighted by atomic mass is 10.1. The summed E-state index contributed by atoms with van der Waals surface area (Å²) in [5.74, 6) is 0.678. The third-order valence-corrected chi connectivity index (χ3v) is 3.95. The normalized spacial score (nSPS) is 12.8. The van der Waals surface area contributed by atoms with Crippen LogP contribution in [0.1, 0.15) is 17.5 Å². The number of nitrogens with zero attached hydrogens (tertiary/aromatic N) is 1. The van der Waals surface area contributed by atoms with Crippen LogP contribution in [0.5, 0.6) is 0 Å². The molecule has 0 bridgehead atoms. The van der Waals surface area contributed by atoms with Crippen molar-refractivity contribution in [2.75, 3.05) is 6.54 Å². The summed E-state index contributed by atoms with van der Waals surface area (Å²) in [5, 5.41) is 7.69. The topological polar surface area (TPSA) is 24.9 Å². The molecule has 2 heterocycles. The van der Waals surface area contributed by atoms with E-state index in [2.05, 4.69) is 40.1 Å². The van der Waals surface area contributed by atoms with Crippen molar-refractivity contribution in [1.29, 1.82) is 0 Å². The number of hydrogen-bond donors (Lipinski definition) is 1. The average molecular weight is 252 g/mol. The van der Waals surface area contributed by atoms with E-state index >= 15 is 0 Å². The molecular formula is C12H16N2S2. The maximum atomic E-state index is 4.25. The Kier molecular flexibility index (Phi) is 4.51. The van der Waals surface area contributed by atoms with E-state index in [4.69, 9.17) is 0 Å². The molecule has 0 fully saturated rings. The first kappa shape index (κ1) is 11.8. The van der Waals surface area contributed by atoms with E-state index in [0.29, 0.717) is 5.92 Å². The van der Waals surface area contributed by atoms with E-state index in [1.807, 2.05) is 16.8 Å². The zero-order chi connectivity index (χ0) is 11.2. The van der Waals surface area contributed by atoms with Crippen LogP contribution in [0.25, 0.3) is 0 Å². The molecule has 86 valence electrons. The summed E-state index contributed by atoms with van der Waals surface area (Å²) in [6.07, 6.45) is 1.17. The van der Waals surface area contributed by atoms with Gasteiger partial charge in [0.15, 0.2) is 0 Å². The Morgan fingerprint density at radius 2 is 2.44 bits per heavy atom. The van der Waals surface area contributed by atoms with E-state index in [-0.39, 0.29) is 0 Å². The van der Waals surface area contributed by atoms with Crippen LogP contribution in [0, 0.1) is 5.92 Å². The quantitative estimate of drug-likeness (QED) is 0.854. The fraction of sp³-hybridized carbons (Fsp3) is 0.417. The molecule has 4 heteroatoms. The molecule has 0 saturated carbocycles. The molecule has 0 spiro atoms. The summed E-state index contributed by atoms with van der Waals surface area (Å²) in [7, 11) is 0. The number of thiazole rings is 1. The van der Waals surface area contributed by atoms with Gasteiger partial charge in [-0.25, -0.2) is 4.98 Å². The second-order valence-electron chi connectivity index (χ2n) is 4.00. The first-order valence-corrected chi connectivity index (χ1v) is 7.27. The Morgan fingerprint density at radius 3 is 3.12 bits per heavy atom. The highest BCUT2D eigenvalue weighted by atomic mass is 32.1. The molecule has 0 radical (unpaired) electrons. The molecule has 2 aromatic heterocycles. The summed E-state index contributed by atoms with van der Waals surface area (Å²) >= 11 is 3.50. The van der Waals surface area contributed by atoms with E-state index < -0.39 is 0 Å². The minimum absolute atomic E-state index is 0.678. The highest BCUT2D eigenvalue weighted by Gasteiger charge is 2.04. The monoisotopic (exact) mass is 252 g/mol. The third-order valence-electron chi connectivity index (χ3n) is 2.41. The molecular weight excluding hydrogens is 236 g/mol. The van der Waals surface area contributed by atoms with Gasteiger partial charge in [-0.1, -0.05) is 13.0 Å². The molecule has 16 heavy (non-hydrogen) atoms. The van der Waals surface area contributed by atoms with E-state index in [0.717, 1.165) is 18.8 Å². The molecule has 0 aliphatic carbocycles. The van der Waals surface area contributed by atoms with Crippen LogP contribution in [0.4, 0.5) is 0 Å². The van der Waals surface area contributed by atoms with Gasteiger partial charge in [-0.3, -0.25) is 0 Å². The minimum Gasteiger partial charge on any atom is -0.311 e. The van der Waals surface area contributed by atoms with Gasteiger partial charge in [-0.2, -0.15) is 0 Å². The Balaban J connectivity index is 1.66. The third kappa shape index (κ3) is 3.70. The van der Waals surface area contributed by atoms with E-state index in [9.17, 15) is 0 Å². The van der Waals surface area contributed by atoms with Crippen molar-refractivity contribution in [2.24, 2.45) is 5.92 Å². The van der Waals surface area contributed by atoms with Gasteiger partial charge in [0.2, 0.25) is 0 Å². The summed E-state index contributed by atoms with van der Waals surface area (Å²) in [5.41, 5.74) is 3.03. The lowest BCUT2D eigenvalue weighted by Gasteiger charge is -2.10. The summed E-state index contributed by atoms with van der Waals surface area (Å²) in [4.78, 5) is 5.72. The van der Waals surface area contributed by atoms with Crippen LogP contribution in [-0.2, 0) is 13.0 Å². The zero-order valence-corrected chi connectivity index (χ0v) is 11.0. The maximum Gasteiger partial charge on any atom is 0.0795 e. The number of aromatic nitrogens is 1. The van der Waals surface area contributed by atoms with Crippen molar-refractivity contribution in [3.8, 4) is 0 Å². The molecule has 1 atom stereocenters. The fourth-order valence-electron chi connectivity index (χ4n) is 1.62. The van der Waals surface area contributed by atoms with Crippen molar-refractivity contribution in [3.63, 3.8) is 0 Å². The summed E-state index contributed by atoms with van der Waals surface area (Å²) < 4.78 is 0. The maximum absolute atomic E-state index is 4.25. The number of thiophene rings is 1. The lowest BCUT2D eigenvalue weighted by Crippen LogP contribution is -2.21. The van der Waals surface area contributed by atoms with Gasteiger partial charge in [-0.05, 0) is 30.3 Å². The molecule has 0 saturated heterocycles. The second-order valence-corrected chi connectivity index (χ2v) is 5.75. The molecule has 0 amide bonds. The van der Waals surface area contributed by atoms with Crippen LogP contribution >= 0.6 is 22.7 Å². The number of hydrogen-bond acceptors (Lipinski definition) is 4. The molecule has 1 N–H and O–H groups in total. The first-order valence-electron chi connectivity index (χ1n) is 5.45. The van der Waals surface area contributed by atoms with Crippen LogP contribution < -0.4 is 5.32 Å². The number of rotatable bonds is 6. The lowest BCUT2D eigenvalue weighted by molar-refractivity contribution is 0.511. The van der Waals surface area contributed by atoms with Crippen molar-refractivity contribution in [1.82, 2.24) is 10.3 Å². The standard InChI is InChI=1S/C12H16N2S2/c1-10(5-12-3-2-4-16-12)6-13-7-11-8-15-9-14-11/h2-4,8-10,13H,5-7H2,1H3. The van der Waals surface area contributed by atoms with Crippen LogP contribution in [-0.4, -0.2) is 11.5 Å². The Morgan fingerprint density at radius 1 is 1.50 bits per heavy atom. The van der Waals surface area contributed by atoms with Gasteiger partial charge < -0.3 is 5.32 Å². The van der Waals surface area contributed by atoms with Crippen LogP contribution in [0.2, 0.25) is 0 Å². The predicted molar refractivity (Wildman–Crippen MR) is 71.0 cm³/mol. The predicted octanol–water partition coefficient (Wildman–Crippen LogP) is 3.17. The highest BCUT2D eigenvalue weighted by molar-refractivity contribution is 7.09. The largest absolute Gasteiger partial charge is 0.311 e. The average Bonchev–Trinajstić information content (AvgIpc) is 2.90. The van der Waals surface area contributed by atoms with Gasteiger partial charge in [0.25, 0.3) is 0 Å². The van der Waals surface area contributed by atoms with E-state index in [1.165, 1.54) is 11.3 Å². The number of nitrogens with one attached hydrogen (secondary N) is 1. The van der Waals surface area contributed by atoms with Gasteiger partial charge in [-0.15, -0.1) is 22.7 Å². The van der Waals surface area contributed by atoms with Gasteiger partial charge in [0.05, 0.1) is 11.2 Å². The van der Waals surface area contributed by atoms with Crippen molar-refractivity contribution < 1.29 is 0 Å². The molecule has 0 aliphatic rings. The van der Waals surface area contributed by atoms with Gasteiger partial charge >= 0.3 is 0 Å². The summed E-state index contributed by atoms with van der Waals surface area (Å²) in [6, 6.07) is 4.33. The SMILES string of the molecule is CC(CNCc1cscn1)Cc1cccs1. The smallest absolute Gasteiger partial charge is 0.0795 e. The molecule has 0 aliphatic heterocycles. The van der Waals surface area contributed by atoms with Crippen LogP contribution in [0.3, 0.4) is 0 Å². The van der Waals surface area contributed by atoms with Crippen molar-refractivity contribution in [3.05, 3.63) is 39.0 Å². The molecule has 0 aromatic carbocycles. The Labute approximate surface area is 104 Å². The Bertz CT molecular complexity index is 381. The molecule has 2 aromatic rings. The molecule has 2 rings (SSSR count).